The van der Waals surface area contributed by atoms with E-state index in [1.54, 1.807) is 24.4 Å². The Kier molecular flexibility index (Phi) is 4.75. The lowest BCUT2D eigenvalue weighted by Crippen LogP contribution is -2.23. The van der Waals surface area contributed by atoms with Gasteiger partial charge in [0.15, 0.2) is 0 Å². The molecule has 2 nitrogen and oxygen atoms in total. The molecular formula is C14H13Cl2FN2. The van der Waals surface area contributed by atoms with Crippen LogP contribution in [0.15, 0.2) is 36.7 Å². The molecule has 2 aromatic rings. The summed E-state index contributed by atoms with van der Waals surface area (Å²) in [6.45, 7) is 2.66. The first-order valence-electron chi connectivity index (χ1n) is 5.91. The van der Waals surface area contributed by atoms with Crippen molar-refractivity contribution in [3.63, 3.8) is 0 Å². The van der Waals surface area contributed by atoms with Crippen molar-refractivity contribution in [2.45, 2.75) is 13.0 Å². The second kappa shape index (κ2) is 6.33. The van der Waals surface area contributed by atoms with E-state index in [0.29, 0.717) is 22.2 Å². The fourth-order valence-corrected chi connectivity index (χ4v) is 2.23. The lowest BCUT2D eigenvalue weighted by molar-refractivity contribution is 0.554. The maximum absolute atomic E-state index is 13.9. The first kappa shape index (κ1) is 14.3. The zero-order valence-electron chi connectivity index (χ0n) is 10.3. The monoisotopic (exact) mass is 298 g/mol. The van der Waals surface area contributed by atoms with Crippen molar-refractivity contribution in [2.75, 3.05) is 6.54 Å². The summed E-state index contributed by atoms with van der Waals surface area (Å²) in [4.78, 5) is 3.76. The molecule has 0 aliphatic heterocycles. The summed E-state index contributed by atoms with van der Waals surface area (Å²) >= 11 is 11.9. The number of nitrogens with one attached hydrogen (secondary N) is 1. The van der Waals surface area contributed by atoms with Crippen LogP contribution in [-0.4, -0.2) is 11.5 Å². The lowest BCUT2D eigenvalue weighted by Gasteiger charge is -2.19. The van der Waals surface area contributed by atoms with Gasteiger partial charge >= 0.3 is 0 Å². The molecule has 0 saturated heterocycles. The van der Waals surface area contributed by atoms with Crippen LogP contribution in [0.5, 0.6) is 0 Å². The number of hydrogen-bond donors (Lipinski definition) is 1. The Morgan fingerprint density at radius 1 is 1.26 bits per heavy atom. The fraction of sp³-hybridized carbons (Fsp3) is 0.214. The Morgan fingerprint density at radius 3 is 2.68 bits per heavy atom. The van der Waals surface area contributed by atoms with E-state index in [1.165, 1.54) is 6.20 Å². The van der Waals surface area contributed by atoms with Crippen LogP contribution in [0.4, 0.5) is 4.39 Å². The van der Waals surface area contributed by atoms with Crippen LogP contribution in [0.1, 0.15) is 24.1 Å². The van der Waals surface area contributed by atoms with Gasteiger partial charge in [-0.2, -0.15) is 0 Å². The van der Waals surface area contributed by atoms with E-state index >= 15 is 0 Å². The highest BCUT2D eigenvalue weighted by Crippen LogP contribution is 2.29. The van der Waals surface area contributed by atoms with E-state index in [0.717, 1.165) is 5.56 Å². The number of rotatable bonds is 4. The molecule has 100 valence electrons. The molecule has 0 fully saturated rings. The SMILES string of the molecule is CCNC(c1ccc(Cl)c(Cl)c1)c1ccncc1F. The van der Waals surface area contributed by atoms with Crippen molar-refractivity contribution >= 4 is 23.2 Å². The number of benzene rings is 1. The molecule has 19 heavy (non-hydrogen) atoms. The summed E-state index contributed by atoms with van der Waals surface area (Å²) in [5.41, 5.74) is 1.40. The summed E-state index contributed by atoms with van der Waals surface area (Å²) in [6, 6.07) is 6.68. The molecule has 5 heteroatoms. The second-order valence-corrected chi connectivity index (χ2v) is 4.88. The third kappa shape index (κ3) is 3.24. The van der Waals surface area contributed by atoms with E-state index in [1.807, 2.05) is 13.0 Å². The van der Waals surface area contributed by atoms with Gasteiger partial charge in [0, 0.05) is 11.8 Å². The molecule has 0 bridgehead atoms. The first-order chi connectivity index (χ1) is 9.13. The summed E-state index contributed by atoms with van der Waals surface area (Å²) in [7, 11) is 0. The Morgan fingerprint density at radius 2 is 2.05 bits per heavy atom. The highest BCUT2D eigenvalue weighted by Gasteiger charge is 2.17. The lowest BCUT2D eigenvalue weighted by atomic mass is 9.99. The van der Waals surface area contributed by atoms with E-state index in [2.05, 4.69) is 10.3 Å². The minimum absolute atomic E-state index is 0.275. The first-order valence-corrected chi connectivity index (χ1v) is 6.66. The number of nitrogens with zero attached hydrogens (tertiary/aromatic N) is 1. The molecule has 0 radical (unpaired) electrons. The van der Waals surface area contributed by atoms with Gasteiger partial charge in [-0.3, -0.25) is 4.98 Å². The molecule has 1 N–H and O–H groups in total. The molecular weight excluding hydrogens is 286 g/mol. The molecule has 0 saturated carbocycles. The zero-order valence-corrected chi connectivity index (χ0v) is 11.8. The Labute approximate surface area is 121 Å². The average molecular weight is 299 g/mol. The van der Waals surface area contributed by atoms with Gasteiger partial charge < -0.3 is 5.32 Å². The van der Waals surface area contributed by atoms with Gasteiger partial charge in [-0.05, 0) is 30.3 Å². The molecule has 1 unspecified atom stereocenters. The molecule has 2 rings (SSSR count). The molecule has 1 aromatic carbocycles. The minimum Gasteiger partial charge on any atom is -0.306 e. The van der Waals surface area contributed by atoms with Crippen molar-refractivity contribution < 1.29 is 4.39 Å². The Balaban J connectivity index is 2.45. The predicted molar refractivity (Wildman–Crippen MR) is 76.2 cm³/mol. The fourth-order valence-electron chi connectivity index (χ4n) is 1.92. The third-order valence-electron chi connectivity index (χ3n) is 2.80. The van der Waals surface area contributed by atoms with Crippen molar-refractivity contribution in [1.29, 1.82) is 0 Å². The van der Waals surface area contributed by atoms with Crippen LogP contribution in [0.3, 0.4) is 0 Å². The van der Waals surface area contributed by atoms with Crippen molar-refractivity contribution in [3.05, 3.63) is 63.6 Å². The van der Waals surface area contributed by atoms with Gasteiger partial charge in [-0.1, -0.05) is 36.2 Å². The van der Waals surface area contributed by atoms with Crippen LogP contribution >= 0.6 is 23.2 Å². The number of hydrogen-bond acceptors (Lipinski definition) is 2. The predicted octanol–water partition coefficient (Wildman–Crippen LogP) is 4.23. The van der Waals surface area contributed by atoms with Crippen molar-refractivity contribution in [1.82, 2.24) is 10.3 Å². The van der Waals surface area contributed by atoms with Crippen LogP contribution < -0.4 is 5.32 Å². The van der Waals surface area contributed by atoms with E-state index in [-0.39, 0.29) is 11.9 Å². The molecule has 1 heterocycles. The van der Waals surface area contributed by atoms with Crippen molar-refractivity contribution in [3.8, 4) is 0 Å². The molecule has 0 amide bonds. The standard InChI is InChI=1S/C14H13Cl2FN2/c1-2-19-14(10-5-6-18-8-13(10)17)9-3-4-11(15)12(16)7-9/h3-8,14,19H,2H2,1H3. The number of pyridine rings is 1. The van der Waals surface area contributed by atoms with Gasteiger partial charge in [0.1, 0.15) is 5.82 Å². The van der Waals surface area contributed by atoms with E-state index in [4.69, 9.17) is 23.2 Å². The smallest absolute Gasteiger partial charge is 0.146 e. The van der Waals surface area contributed by atoms with Crippen LogP contribution in [0.2, 0.25) is 10.0 Å². The maximum atomic E-state index is 13.9. The van der Waals surface area contributed by atoms with E-state index in [9.17, 15) is 4.39 Å². The summed E-state index contributed by atoms with van der Waals surface area (Å²) in [5.74, 6) is -0.348. The topological polar surface area (TPSA) is 24.9 Å². The van der Waals surface area contributed by atoms with E-state index < -0.39 is 0 Å². The van der Waals surface area contributed by atoms with Gasteiger partial charge in [0.05, 0.1) is 22.3 Å². The normalized spacial score (nSPS) is 12.4. The van der Waals surface area contributed by atoms with Crippen LogP contribution in [0.25, 0.3) is 0 Å². The van der Waals surface area contributed by atoms with Gasteiger partial charge in [0.25, 0.3) is 0 Å². The Bertz CT molecular complexity index is 575. The largest absolute Gasteiger partial charge is 0.306 e. The summed E-state index contributed by atoms with van der Waals surface area (Å²) in [5, 5.41) is 4.17. The second-order valence-electron chi connectivity index (χ2n) is 4.06. The molecule has 1 aromatic heterocycles. The van der Waals surface area contributed by atoms with Gasteiger partial charge in [-0.25, -0.2) is 4.39 Å². The highest BCUT2D eigenvalue weighted by atomic mass is 35.5. The Hall–Kier alpha value is -1.16. The molecule has 1 atom stereocenters. The quantitative estimate of drug-likeness (QED) is 0.914. The van der Waals surface area contributed by atoms with Gasteiger partial charge in [-0.15, -0.1) is 0 Å². The van der Waals surface area contributed by atoms with Gasteiger partial charge in [0.2, 0.25) is 0 Å². The summed E-state index contributed by atoms with van der Waals surface area (Å²) < 4.78 is 13.9. The molecule has 0 aliphatic carbocycles. The number of aromatic nitrogens is 1. The number of halogens is 3. The van der Waals surface area contributed by atoms with Crippen LogP contribution in [-0.2, 0) is 0 Å². The minimum atomic E-state index is -0.348. The van der Waals surface area contributed by atoms with Crippen LogP contribution in [0, 0.1) is 5.82 Å². The maximum Gasteiger partial charge on any atom is 0.146 e. The highest BCUT2D eigenvalue weighted by molar-refractivity contribution is 6.42. The molecule has 0 spiro atoms. The molecule has 0 aliphatic rings. The average Bonchev–Trinajstić information content (AvgIpc) is 2.40. The zero-order chi connectivity index (χ0) is 13.8. The summed E-state index contributed by atoms with van der Waals surface area (Å²) in [6.07, 6.45) is 2.78. The third-order valence-corrected chi connectivity index (χ3v) is 3.54. The van der Waals surface area contributed by atoms with Crippen molar-refractivity contribution in [2.24, 2.45) is 0 Å².